The molecule has 2 fully saturated rings. The van der Waals surface area contributed by atoms with Crippen LogP contribution >= 0.6 is 11.3 Å². The molecule has 1 saturated carbocycles. The second-order valence-corrected chi connectivity index (χ2v) is 7.99. The second kappa shape index (κ2) is 7.33. The lowest BCUT2D eigenvalue weighted by atomic mass is 9.90. The number of hydrogen-bond donors (Lipinski definition) is 1. The van der Waals surface area contributed by atoms with Crippen LogP contribution in [0.3, 0.4) is 0 Å². The number of nitrogens with zero attached hydrogens (tertiary/aromatic N) is 4. The Hall–Kier alpha value is -1.24. The normalized spacial score (nSPS) is 23.6. The van der Waals surface area contributed by atoms with Crippen LogP contribution in [-0.2, 0) is 13.6 Å². The number of aromatic nitrogens is 3. The van der Waals surface area contributed by atoms with Gasteiger partial charge in [0.1, 0.15) is 5.82 Å². The molecule has 24 heavy (non-hydrogen) atoms. The fourth-order valence-corrected chi connectivity index (χ4v) is 5.01. The third-order valence-corrected chi connectivity index (χ3v) is 6.46. The molecular weight excluding hydrogens is 318 g/mol. The van der Waals surface area contributed by atoms with Crippen LogP contribution in [0.2, 0.25) is 0 Å². The standard InChI is InChI=1S/C18H27N5S/c1-22-9-8-20-17(22)16-11-19-7-10-23(16)12-15-13-24-18(21-15)14-5-3-2-4-6-14/h8-9,13-14,16,19H,2-7,10-12H2,1H3. The number of piperazine rings is 1. The fraction of sp³-hybridized carbons (Fsp3) is 0.667. The smallest absolute Gasteiger partial charge is 0.127 e. The highest BCUT2D eigenvalue weighted by Crippen LogP contribution is 2.34. The molecule has 2 aromatic rings. The molecule has 0 aromatic carbocycles. The molecule has 6 heteroatoms. The summed E-state index contributed by atoms with van der Waals surface area (Å²) in [5.41, 5.74) is 1.24. The van der Waals surface area contributed by atoms with Crippen LogP contribution in [-0.4, -0.2) is 39.1 Å². The van der Waals surface area contributed by atoms with E-state index in [0.29, 0.717) is 12.0 Å². The first kappa shape index (κ1) is 16.2. The number of rotatable bonds is 4. The van der Waals surface area contributed by atoms with Crippen molar-refractivity contribution in [2.24, 2.45) is 7.05 Å². The van der Waals surface area contributed by atoms with E-state index in [1.54, 1.807) is 0 Å². The Morgan fingerprint density at radius 3 is 2.96 bits per heavy atom. The van der Waals surface area contributed by atoms with E-state index in [1.165, 1.54) is 42.8 Å². The molecule has 1 aliphatic carbocycles. The third-order valence-electron chi connectivity index (χ3n) is 5.40. The molecule has 0 amide bonds. The minimum absolute atomic E-state index is 0.332. The Morgan fingerprint density at radius 1 is 1.29 bits per heavy atom. The first-order chi connectivity index (χ1) is 11.8. The summed E-state index contributed by atoms with van der Waals surface area (Å²) in [6.07, 6.45) is 10.7. The van der Waals surface area contributed by atoms with Gasteiger partial charge in [0.25, 0.3) is 0 Å². The van der Waals surface area contributed by atoms with Gasteiger partial charge in [0.05, 0.1) is 16.7 Å². The highest BCUT2D eigenvalue weighted by atomic mass is 32.1. The molecule has 0 spiro atoms. The van der Waals surface area contributed by atoms with Gasteiger partial charge in [-0.25, -0.2) is 9.97 Å². The van der Waals surface area contributed by atoms with Crippen LogP contribution < -0.4 is 5.32 Å². The third kappa shape index (κ3) is 3.41. The van der Waals surface area contributed by atoms with E-state index in [9.17, 15) is 0 Å². The first-order valence-electron chi connectivity index (χ1n) is 9.17. The average molecular weight is 346 g/mol. The van der Waals surface area contributed by atoms with E-state index in [2.05, 4.69) is 32.2 Å². The predicted molar refractivity (Wildman–Crippen MR) is 97.2 cm³/mol. The van der Waals surface area contributed by atoms with Crippen molar-refractivity contribution in [1.29, 1.82) is 0 Å². The quantitative estimate of drug-likeness (QED) is 0.925. The van der Waals surface area contributed by atoms with E-state index in [0.717, 1.165) is 32.0 Å². The van der Waals surface area contributed by atoms with Gasteiger partial charge in [0.2, 0.25) is 0 Å². The maximum Gasteiger partial charge on any atom is 0.127 e. The minimum atomic E-state index is 0.332. The van der Waals surface area contributed by atoms with Crippen molar-refractivity contribution in [2.75, 3.05) is 19.6 Å². The Balaban J connectivity index is 1.47. The van der Waals surface area contributed by atoms with Gasteiger partial charge < -0.3 is 9.88 Å². The van der Waals surface area contributed by atoms with Crippen molar-refractivity contribution in [3.05, 3.63) is 34.3 Å². The Bertz CT molecular complexity index is 658. The molecule has 130 valence electrons. The highest BCUT2D eigenvalue weighted by Gasteiger charge is 2.27. The molecule has 1 saturated heterocycles. The fourth-order valence-electron chi connectivity index (χ4n) is 4.03. The number of aryl methyl sites for hydroxylation is 1. The lowest BCUT2D eigenvalue weighted by Crippen LogP contribution is -2.46. The summed E-state index contributed by atoms with van der Waals surface area (Å²) in [6, 6.07) is 0.332. The molecule has 1 N–H and O–H groups in total. The number of thiazole rings is 1. The van der Waals surface area contributed by atoms with Crippen LogP contribution in [0.15, 0.2) is 17.8 Å². The van der Waals surface area contributed by atoms with Crippen LogP contribution in [0.1, 0.15) is 60.6 Å². The Labute approximate surface area is 148 Å². The van der Waals surface area contributed by atoms with Crippen molar-refractivity contribution < 1.29 is 0 Å². The van der Waals surface area contributed by atoms with Crippen LogP contribution in [0.4, 0.5) is 0 Å². The molecular formula is C18H27N5S. The van der Waals surface area contributed by atoms with Gasteiger partial charge in [-0.3, -0.25) is 4.90 Å². The lowest BCUT2D eigenvalue weighted by molar-refractivity contribution is 0.143. The monoisotopic (exact) mass is 345 g/mol. The molecule has 0 radical (unpaired) electrons. The summed E-state index contributed by atoms with van der Waals surface area (Å²) in [6.45, 7) is 3.99. The van der Waals surface area contributed by atoms with Crippen molar-refractivity contribution in [2.45, 2.75) is 50.6 Å². The maximum atomic E-state index is 5.00. The van der Waals surface area contributed by atoms with Gasteiger partial charge in [-0.05, 0) is 12.8 Å². The average Bonchev–Trinajstić information content (AvgIpc) is 3.25. The zero-order valence-corrected chi connectivity index (χ0v) is 15.3. The zero-order chi connectivity index (χ0) is 16.4. The van der Waals surface area contributed by atoms with E-state index in [-0.39, 0.29) is 0 Å². The maximum absolute atomic E-state index is 5.00. The predicted octanol–water partition coefficient (Wildman–Crippen LogP) is 3.07. The van der Waals surface area contributed by atoms with Gasteiger partial charge in [0.15, 0.2) is 0 Å². The molecule has 4 rings (SSSR count). The van der Waals surface area contributed by atoms with E-state index >= 15 is 0 Å². The van der Waals surface area contributed by atoms with Crippen molar-refractivity contribution in [3.8, 4) is 0 Å². The molecule has 0 bridgehead atoms. The molecule has 5 nitrogen and oxygen atoms in total. The Kier molecular flexibility index (Phi) is 4.96. The van der Waals surface area contributed by atoms with Crippen molar-refractivity contribution >= 4 is 11.3 Å². The van der Waals surface area contributed by atoms with E-state index in [4.69, 9.17) is 4.98 Å². The summed E-state index contributed by atoms with van der Waals surface area (Å²) in [4.78, 5) is 12.1. The molecule has 3 heterocycles. The summed E-state index contributed by atoms with van der Waals surface area (Å²) < 4.78 is 2.14. The highest BCUT2D eigenvalue weighted by molar-refractivity contribution is 7.09. The van der Waals surface area contributed by atoms with E-state index < -0.39 is 0 Å². The molecule has 1 atom stereocenters. The topological polar surface area (TPSA) is 46.0 Å². The van der Waals surface area contributed by atoms with Gasteiger partial charge in [-0.1, -0.05) is 19.3 Å². The Morgan fingerprint density at radius 2 is 2.17 bits per heavy atom. The van der Waals surface area contributed by atoms with Gasteiger partial charge in [0, 0.05) is 56.9 Å². The lowest BCUT2D eigenvalue weighted by Gasteiger charge is -2.35. The molecule has 2 aliphatic rings. The number of nitrogens with one attached hydrogen (secondary N) is 1. The molecule has 2 aromatic heterocycles. The largest absolute Gasteiger partial charge is 0.337 e. The van der Waals surface area contributed by atoms with Crippen molar-refractivity contribution in [3.63, 3.8) is 0 Å². The number of imidazole rings is 1. The van der Waals surface area contributed by atoms with Gasteiger partial charge in [-0.15, -0.1) is 11.3 Å². The summed E-state index contributed by atoms with van der Waals surface area (Å²) >= 11 is 1.87. The SMILES string of the molecule is Cn1ccnc1C1CNCCN1Cc1csc(C2CCCCC2)n1. The van der Waals surface area contributed by atoms with Crippen LogP contribution in [0, 0.1) is 0 Å². The molecule has 1 unspecified atom stereocenters. The minimum Gasteiger partial charge on any atom is -0.337 e. The first-order valence-corrected chi connectivity index (χ1v) is 10.1. The second-order valence-electron chi connectivity index (χ2n) is 7.10. The van der Waals surface area contributed by atoms with Crippen LogP contribution in [0.25, 0.3) is 0 Å². The summed E-state index contributed by atoms with van der Waals surface area (Å²) in [7, 11) is 2.08. The van der Waals surface area contributed by atoms with Gasteiger partial charge in [-0.2, -0.15) is 0 Å². The summed E-state index contributed by atoms with van der Waals surface area (Å²) in [5.74, 6) is 1.86. The van der Waals surface area contributed by atoms with Crippen molar-refractivity contribution in [1.82, 2.24) is 24.8 Å². The zero-order valence-electron chi connectivity index (χ0n) is 14.4. The number of hydrogen-bond acceptors (Lipinski definition) is 5. The molecule has 1 aliphatic heterocycles. The van der Waals surface area contributed by atoms with E-state index in [1.807, 2.05) is 23.7 Å². The van der Waals surface area contributed by atoms with Crippen LogP contribution in [0.5, 0.6) is 0 Å². The summed E-state index contributed by atoms with van der Waals surface area (Å²) in [5, 5.41) is 7.16. The van der Waals surface area contributed by atoms with Gasteiger partial charge >= 0.3 is 0 Å².